The summed E-state index contributed by atoms with van der Waals surface area (Å²) in [7, 11) is -0.486. The number of nitrogens with zero attached hydrogens (tertiary/aromatic N) is 1. The molecule has 0 spiro atoms. The summed E-state index contributed by atoms with van der Waals surface area (Å²) in [6, 6.07) is 10.1. The normalized spacial score (nSPS) is 11.5. The fraction of sp³-hybridized carbons (Fsp3) is 0.312. The summed E-state index contributed by atoms with van der Waals surface area (Å²) in [6.45, 7) is 0.237. The maximum absolute atomic E-state index is 12.2. The molecule has 8 heteroatoms. The first-order chi connectivity index (χ1) is 11.4. The minimum atomic E-state index is -3.48. The Labute approximate surface area is 145 Å². The van der Waals surface area contributed by atoms with E-state index in [1.807, 2.05) is 0 Å². The molecule has 0 bridgehead atoms. The van der Waals surface area contributed by atoms with Crippen molar-refractivity contribution >= 4 is 27.3 Å². The molecule has 130 valence electrons. The van der Waals surface area contributed by atoms with Gasteiger partial charge in [-0.2, -0.15) is 0 Å². The summed E-state index contributed by atoms with van der Waals surface area (Å²) in [5.74, 6) is 0.397. The van der Waals surface area contributed by atoms with Crippen LogP contribution in [-0.4, -0.2) is 39.4 Å². The van der Waals surface area contributed by atoms with Crippen LogP contribution >= 0.6 is 11.3 Å². The molecule has 0 saturated heterocycles. The number of rotatable bonds is 8. The van der Waals surface area contributed by atoms with Gasteiger partial charge in [-0.15, -0.1) is 11.3 Å². The van der Waals surface area contributed by atoms with Crippen molar-refractivity contribution in [3.8, 4) is 11.5 Å². The summed E-state index contributed by atoms with van der Waals surface area (Å²) < 4.78 is 36.4. The van der Waals surface area contributed by atoms with Crippen molar-refractivity contribution in [3.05, 3.63) is 41.8 Å². The standard InChI is InChI=1S/C16H19NO5S2/c1-17(24(19,20)16-10-6-12-23-16)11-5-9-15(18)22-14-8-4-3-7-13(14)21-2/h3-4,6-8,10,12H,5,9,11H2,1-2H3. The number of benzene rings is 1. The van der Waals surface area contributed by atoms with E-state index in [1.165, 1.54) is 29.8 Å². The van der Waals surface area contributed by atoms with Crippen LogP contribution in [0.1, 0.15) is 12.8 Å². The van der Waals surface area contributed by atoms with Gasteiger partial charge in [0.25, 0.3) is 10.0 Å². The summed E-state index contributed by atoms with van der Waals surface area (Å²) in [4.78, 5) is 11.9. The van der Waals surface area contributed by atoms with Gasteiger partial charge >= 0.3 is 5.97 Å². The smallest absolute Gasteiger partial charge is 0.311 e. The van der Waals surface area contributed by atoms with Gasteiger partial charge in [-0.1, -0.05) is 18.2 Å². The Bertz CT molecular complexity index is 772. The van der Waals surface area contributed by atoms with Crippen molar-refractivity contribution in [2.45, 2.75) is 17.1 Å². The van der Waals surface area contributed by atoms with Gasteiger partial charge in [0, 0.05) is 20.0 Å². The number of hydrogen-bond acceptors (Lipinski definition) is 6. The van der Waals surface area contributed by atoms with E-state index in [0.29, 0.717) is 22.1 Å². The van der Waals surface area contributed by atoms with E-state index in [9.17, 15) is 13.2 Å². The van der Waals surface area contributed by atoms with E-state index in [0.717, 1.165) is 0 Å². The van der Waals surface area contributed by atoms with E-state index in [2.05, 4.69) is 0 Å². The van der Waals surface area contributed by atoms with E-state index >= 15 is 0 Å². The molecule has 0 radical (unpaired) electrons. The fourth-order valence-corrected chi connectivity index (χ4v) is 4.42. The van der Waals surface area contributed by atoms with E-state index in [-0.39, 0.29) is 13.0 Å². The molecule has 0 aliphatic carbocycles. The van der Waals surface area contributed by atoms with Gasteiger partial charge in [0.05, 0.1) is 7.11 Å². The molecule has 0 atom stereocenters. The van der Waals surface area contributed by atoms with Crippen molar-refractivity contribution in [2.24, 2.45) is 0 Å². The second kappa shape index (κ2) is 8.27. The van der Waals surface area contributed by atoms with Crippen LogP contribution in [-0.2, 0) is 14.8 Å². The van der Waals surface area contributed by atoms with Gasteiger partial charge < -0.3 is 9.47 Å². The molecule has 0 amide bonds. The molecule has 2 aromatic rings. The number of esters is 1. The molecule has 1 aromatic carbocycles. The third kappa shape index (κ3) is 4.56. The number of hydrogen-bond donors (Lipinski definition) is 0. The maximum atomic E-state index is 12.2. The molecular weight excluding hydrogens is 350 g/mol. The summed E-state index contributed by atoms with van der Waals surface area (Å²) in [5.41, 5.74) is 0. The highest BCUT2D eigenvalue weighted by Crippen LogP contribution is 2.26. The predicted octanol–water partition coefficient (Wildman–Crippen LogP) is 2.76. The third-order valence-electron chi connectivity index (χ3n) is 3.31. The zero-order chi connectivity index (χ0) is 17.6. The van der Waals surface area contributed by atoms with Gasteiger partial charge in [0.1, 0.15) is 4.21 Å². The molecule has 0 saturated carbocycles. The van der Waals surface area contributed by atoms with E-state index < -0.39 is 16.0 Å². The zero-order valence-electron chi connectivity index (χ0n) is 13.5. The molecule has 1 aromatic heterocycles. The van der Waals surface area contributed by atoms with Crippen molar-refractivity contribution in [3.63, 3.8) is 0 Å². The number of methoxy groups -OCH3 is 1. The largest absolute Gasteiger partial charge is 0.493 e. The molecular formula is C16H19NO5S2. The number of carbonyl (C=O) groups excluding carboxylic acids is 1. The van der Waals surface area contributed by atoms with Crippen LogP contribution in [0.5, 0.6) is 11.5 Å². The first-order valence-electron chi connectivity index (χ1n) is 7.28. The van der Waals surface area contributed by atoms with Gasteiger partial charge in [0.15, 0.2) is 11.5 Å². The second-order valence-corrected chi connectivity index (χ2v) is 8.21. The Morgan fingerprint density at radius 1 is 1.17 bits per heavy atom. The number of para-hydroxylation sites is 2. The molecule has 0 N–H and O–H groups in total. The van der Waals surface area contributed by atoms with Gasteiger partial charge in [-0.3, -0.25) is 4.79 Å². The van der Waals surface area contributed by atoms with Crippen molar-refractivity contribution in [2.75, 3.05) is 20.7 Å². The number of thiophene rings is 1. The van der Waals surface area contributed by atoms with Crippen LogP contribution in [0, 0.1) is 0 Å². The molecule has 24 heavy (non-hydrogen) atoms. The van der Waals surface area contributed by atoms with Crippen LogP contribution in [0.4, 0.5) is 0 Å². The lowest BCUT2D eigenvalue weighted by atomic mass is 10.3. The maximum Gasteiger partial charge on any atom is 0.311 e. The lowest BCUT2D eigenvalue weighted by molar-refractivity contribution is -0.134. The molecule has 0 fully saturated rings. The van der Waals surface area contributed by atoms with Crippen LogP contribution in [0.15, 0.2) is 46.0 Å². The highest BCUT2D eigenvalue weighted by Gasteiger charge is 2.21. The first-order valence-corrected chi connectivity index (χ1v) is 9.60. The third-order valence-corrected chi connectivity index (χ3v) is 6.54. The second-order valence-electron chi connectivity index (χ2n) is 4.99. The number of ether oxygens (including phenoxy) is 2. The number of carbonyl (C=O) groups is 1. The summed E-state index contributed by atoms with van der Waals surface area (Å²) in [5, 5.41) is 1.71. The average Bonchev–Trinajstić information content (AvgIpc) is 3.10. The van der Waals surface area contributed by atoms with Gasteiger partial charge in [0.2, 0.25) is 0 Å². The topological polar surface area (TPSA) is 72.9 Å². The average molecular weight is 369 g/mol. The van der Waals surface area contributed by atoms with E-state index in [1.54, 1.807) is 41.8 Å². The quantitative estimate of drug-likeness (QED) is 0.528. The van der Waals surface area contributed by atoms with Crippen LogP contribution < -0.4 is 9.47 Å². The van der Waals surface area contributed by atoms with E-state index in [4.69, 9.17) is 9.47 Å². The van der Waals surface area contributed by atoms with Gasteiger partial charge in [-0.05, 0) is 30.0 Å². The highest BCUT2D eigenvalue weighted by atomic mass is 32.2. The van der Waals surface area contributed by atoms with Crippen LogP contribution in [0.2, 0.25) is 0 Å². The van der Waals surface area contributed by atoms with Crippen LogP contribution in [0.3, 0.4) is 0 Å². The minimum Gasteiger partial charge on any atom is -0.493 e. The Kier molecular flexibility index (Phi) is 6.36. The summed E-state index contributed by atoms with van der Waals surface area (Å²) >= 11 is 1.17. The van der Waals surface area contributed by atoms with Gasteiger partial charge in [-0.25, -0.2) is 12.7 Å². The fourth-order valence-electron chi connectivity index (χ4n) is 2.01. The Hall–Kier alpha value is -1.90. The monoisotopic (exact) mass is 369 g/mol. The Morgan fingerprint density at radius 2 is 1.88 bits per heavy atom. The molecule has 0 aliphatic rings. The predicted molar refractivity (Wildman–Crippen MR) is 92.0 cm³/mol. The highest BCUT2D eigenvalue weighted by molar-refractivity contribution is 7.91. The molecule has 0 aliphatic heterocycles. The zero-order valence-corrected chi connectivity index (χ0v) is 15.1. The van der Waals surface area contributed by atoms with Crippen LogP contribution in [0.25, 0.3) is 0 Å². The van der Waals surface area contributed by atoms with Crippen molar-refractivity contribution in [1.29, 1.82) is 0 Å². The SMILES string of the molecule is COc1ccccc1OC(=O)CCCN(C)S(=O)(=O)c1cccs1. The molecule has 2 rings (SSSR count). The molecule has 1 heterocycles. The molecule has 6 nitrogen and oxygen atoms in total. The summed E-state index contributed by atoms with van der Waals surface area (Å²) in [6.07, 6.45) is 0.484. The lowest BCUT2D eigenvalue weighted by Gasteiger charge is -2.15. The Balaban J connectivity index is 1.84. The van der Waals surface area contributed by atoms with Crippen molar-refractivity contribution < 1.29 is 22.7 Å². The first kappa shape index (κ1) is 18.4. The number of sulfonamides is 1. The lowest BCUT2D eigenvalue weighted by Crippen LogP contribution is -2.28. The molecule has 0 unspecified atom stereocenters. The minimum absolute atomic E-state index is 0.113. The Morgan fingerprint density at radius 3 is 2.50 bits per heavy atom. The van der Waals surface area contributed by atoms with Crippen molar-refractivity contribution in [1.82, 2.24) is 4.31 Å².